The molecule has 1 unspecified atom stereocenters. The topological polar surface area (TPSA) is 41.8 Å². The highest BCUT2D eigenvalue weighted by molar-refractivity contribution is 9.10. The van der Waals surface area contributed by atoms with E-state index in [0.29, 0.717) is 6.54 Å². The van der Waals surface area contributed by atoms with E-state index in [-0.39, 0.29) is 5.92 Å². The van der Waals surface area contributed by atoms with Crippen LogP contribution in [0.25, 0.3) is 10.9 Å². The number of fused-ring (bicyclic) bond motifs is 1. The van der Waals surface area contributed by atoms with Crippen molar-refractivity contribution in [2.24, 2.45) is 5.73 Å². The van der Waals surface area contributed by atoms with E-state index in [1.807, 2.05) is 6.07 Å². The summed E-state index contributed by atoms with van der Waals surface area (Å²) in [4.78, 5) is 3.32. The Kier molecular flexibility index (Phi) is 3.40. The molecule has 0 saturated carbocycles. The standard InChI is InChI=1S/C16H15BrN2/c17-12-7-5-11(6-8-12)14(9-18)15-10-19-16-4-2-1-3-13(15)16/h1-8,10,14,19H,9,18H2. The molecular formula is C16H15BrN2. The Morgan fingerprint density at radius 3 is 2.53 bits per heavy atom. The normalized spacial score (nSPS) is 12.7. The van der Waals surface area contributed by atoms with Crippen LogP contribution in [0, 0.1) is 0 Å². The average Bonchev–Trinajstić information content (AvgIpc) is 2.86. The number of halogens is 1. The van der Waals surface area contributed by atoms with E-state index in [9.17, 15) is 0 Å². The Morgan fingerprint density at radius 1 is 1.05 bits per heavy atom. The number of rotatable bonds is 3. The largest absolute Gasteiger partial charge is 0.361 e. The molecule has 0 saturated heterocycles. The summed E-state index contributed by atoms with van der Waals surface area (Å²) in [5, 5.41) is 1.25. The van der Waals surface area contributed by atoms with Gasteiger partial charge in [-0.3, -0.25) is 0 Å². The van der Waals surface area contributed by atoms with Gasteiger partial charge in [0, 0.05) is 34.0 Å². The van der Waals surface area contributed by atoms with Gasteiger partial charge in [0.25, 0.3) is 0 Å². The Labute approximate surface area is 120 Å². The molecule has 0 aliphatic carbocycles. The maximum atomic E-state index is 6.00. The van der Waals surface area contributed by atoms with Crippen molar-refractivity contribution in [1.29, 1.82) is 0 Å². The Morgan fingerprint density at radius 2 is 1.79 bits per heavy atom. The summed E-state index contributed by atoms with van der Waals surface area (Å²) in [6.07, 6.45) is 2.07. The van der Waals surface area contributed by atoms with Crippen LogP contribution in [0.4, 0.5) is 0 Å². The molecule has 1 heterocycles. The lowest BCUT2D eigenvalue weighted by molar-refractivity contribution is 0.825. The summed E-state index contributed by atoms with van der Waals surface area (Å²) in [5.41, 5.74) is 9.67. The summed E-state index contributed by atoms with van der Waals surface area (Å²) in [5.74, 6) is 0.226. The van der Waals surface area contributed by atoms with Crippen molar-refractivity contribution in [3.8, 4) is 0 Å². The minimum absolute atomic E-state index is 0.226. The molecule has 0 spiro atoms. The average molecular weight is 315 g/mol. The zero-order chi connectivity index (χ0) is 13.2. The predicted octanol–water partition coefficient (Wildman–Crippen LogP) is 4.02. The molecule has 0 aliphatic heterocycles. The molecule has 2 aromatic carbocycles. The van der Waals surface area contributed by atoms with Gasteiger partial charge in [-0.15, -0.1) is 0 Å². The fourth-order valence-electron chi connectivity index (χ4n) is 2.52. The number of hydrogen-bond acceptors (Lipinski definition) is 1. The van der Waals surface area contributed by atoms with Crippen LogP contribution < -0.4 is 5.73 Å². The van der Waals surface area contributed by atoms with Crippen molar-refractivity contribution in [3.05, 3.63) is 70.3 Å². The smallest absolute Gasteiger partial charge is 0.0457 e. The van der Waals surface area contributed by atoms with Crippen LogP contribution in [0.5, 0.6) is 0 Å². The fourth-order valence-corrected chi connectivity index (χ4v) is 2.78. The molecule has 3 N–H and O–H groups in total. The van der Waals surface area contributed by atoms with E-state index < -0.39 is 0 Å². The third kappa shape index (κ3) is 2.31. The Bertz CT molecular complexity index is 685. The van der Waals surface area contributed by atoms with Crippen molar-refractivity contribution < 1.29 is 0 Å². The number of benzene rings is 2. The number of para-hydroxylation sites is 1. The summed E-state index contributed by atoms with van der Waals surface area (Å²) in [6.45, 7) is 0.601. The molecule has 19 heavy (non-hydrogen) atoms. The molecule has 96 valence electrons. The van der Waals surface area contributed by atoms with Gasteiger partial charge in [0.1, 0.15) is 0 Å². The first-order chi connectivity index (χ1) is 9.29. The van der Waals surface area contributed by atoms with Crippen molar-refractivity contribution in [2.45, 2.75) is 5.92 Å². The van der Waals surface area contributed by atoms with Gasteiger partial charge in [-0.1, -0.05) is 46.3 Å². The van der Waals surface area contributed by atoms with Gasteiger partial charge >= 0.3 is 0 Å². The van der Waals surface area contributed by atoms with Crippen LogP contribution in [0.3, 0.4) is 0 Å². The molecule has 3 aromatic rings. The minimum Gasteiger partial charge on any atom is -0.361 e. The molecule has 0 amide bonds. The Hall–Kier alpha value is -1.58. The zero-order valence-electron chi connectivity index (χ0n) is 10.4. The summed E-state index contributed by atoms with van der Waals surface area (Å²) >= 11 is 3.47. The minimum atomic E-state index is 0.226. The van der Waals surface area contributed by atoms with E-state index >= 15 is 0 Å². The predicted molar refractivity (Wildman–Crippen MR) is 83.3 cm³/mol. The molecule has 0 fully saturated rings. The van der Waals surface area contributed by atoms with Crippen LogP contribution in [-0.2, 0) is 0 Å². The van der Waals surface area contributed by atoms with Crippen LogP contribution >= 0.6 is 15.9 Å². The molecular weight excluding hydrogens is 300 g/mol. The maximum Gasteiger partial charge on any atom is 0.0457 e. The molecule has 3 heteroatoms. The zero-order valence-corrected chi connectivity index (χ0v) is 12.0. The maximum absolute atomic E-state index is 6.00. The summed E-state index contributed by atoms with van der Waals surface area (Å²) in [6, 6.07) is 16.7. The highest BCUT2D eigenvalue weighted by Gasteiger charge is 2.16. The molecule has 1 aromatic heterocycles. The molecule has 0 radical (unpaired) electrons. The van der Waals surface area contributed by atoms with Gasteiger partial charge in [-0.2, -0.15) is 0 Å². The van der Waals surface area contributed by atoms with E-state index in [0.717, 1.165) is 9.99 Å². The number of nitrogens with one attached hydrogen (secondary N) is 1. The van der Waals surface area contributed by atoms with E-state index in [4.69, 9.17) is 5.73 Å². The molecule has 0 aliphatic rings. The van der Waals surface area contributed by atoms with Crippen molar-refractivity contribution >= 4 is 26.8 Å². The molecule has 1 atom stereocenters. The van der Waals surface area contributed by atoms with E-state index in [1.165, 1.54) is 16.5 Å². The van der Waals surface area contributed by atoms with Crippen LogP contribution in [0.15, 0.2) is 59.2 Å². The quantitative estimate of drug-likeness (QED) is 0.753. The first-order valence-electron chi connectivity index (χ1n) is 6.31. The second-order valence-corrected chi connectivity index (χ2v) is 5.55. The number of aromatic nitrogens is 1. The second-order valence-electron chi connectivity index (χ2n) is 4.63. The molecule has 3 rings (SSSR count). The van der Waals surface area contributed by atoms with Gasteiger partial charge < -0.3 is 10.7 Å². The highest BCUT2D eigenvalue weighted by atomic mass is 79.9. The van der Waals surface area contributed by atoms with E-state index in [2.05, 4.69) is 69.6 Å². The van der Waals surface area contributed by atoms with Crippen LogP contribution in [0.1, 0.15) is 17.0 Å². The lowest BCUT2D eigenvalue weighted by atomic mass is 9.91. The number of H-pyrrole nitrogens is 1. The van der Waals surface area contributed by atoms with Gasteiger partial charge in [-0.25, -0.2) is 0 Å². The molecule has 0 bridgehead atoms. The van der Waals surface area contributed by atoms with Crippen LogP contribution in [0.2, 0.25) is 0 Å². The number of aromatic amines is 1. The first-order valence-corrected chi connectivity index (χ1v) is 7.10. The number of hydrogen-bond donors (Lipinski definition) is 2. The summed E-state index contributed by atoms with van der Waals surface area (Å²) < 4.78 is 1.09. The first kappa shape index (κ1) is 12.5. The monoisotopic (exact) mass is 314 g/mol. The van der Waals surface area contributed by atoms with Gasteiger partial charge in [0.15, 0.2) is 0 Å². The lowest BCUT2D eigenvalue weighted by Gasteiger charge is -2.15. The number of nitrogens with two attached hydrogens (primary N) is 1. The van der Waals surface area contributed by atoms with Crippen molar-refractivity contribution in [3.63, 3.8) is 0 Å². The fraction of sp³-hybridized carbons (Fsp3) is 0.125. The van der Waals surface area contributed by atoms with Gasteiger partial charge in [0.2, 0.25) is 0 Å². The lowest BCUT2D eigenvalue weighted by Crippen LogP contribution is -2.13. The van der Waals surface area contributed by atoms with Crippen molar-refractivity contribution in [1.82, 2.24) is 4.98 Å². The highest BCUT2D eigenvalue weighted by Crippen LogP contribution is 2.30. The van der Waals surface area contributed by atoms with E-state index in [1.54, 1.807) is 0 Å². The second kappa shape index (κ2) is 5.19. The third-order valence-corrected chi connectivity index (χ3v) is 4.03. The van der Waals surface area contributed by atoms with Gasteiger partial charge in [0.05, 0.1) is 0 Å². The molecule has 2 nitrogen and oxygen atoms in total. The SMILES string of the molecule is NCC(c1ccc(Br)cc1)c1c[nH]c2ccccc12. The van der Waals surface area contributed by atoms with Crippen molar-refractivity contribution in [2.75, 3.05) is 6.54 Å². The van der Waals surface area contributed by atoms with Gasteiger partial charge in [-0.05, 0) is 29.3 Å². The third-order valence-electron chi connectivity index (χ3n) is 3.50. The Balaban J connectivity index is 2.09. The van der Waals surface area contributed by atoms with Crippen LogP contribution in [-0.4, -0.2) is 11.5 Å². The summed E-state index contributed by atoms with van der Waals surface area (Å²) in [7, 11) is 0.